The topological polar surface area (TPSA) is 142 Å². The van der Waals surface area contributed by atoms with Gasteiger partial charge in [-0.2, -0.15) is 10.1 Å². The molecule has 0 saturated carbocycles. The highest BCUT2D eigenvalue weighted by Crippen LogP contribution is 2.34. The van der Waals surface area contributed by atoms with Crippen molar-refractivity contribution in [3.05, 3.63) is 84.6 Å². The summed E-state index contributed by atoms with van der Waals surface area (Å²) in [5.74, 6) is -2.79. The van der Waals surface area contributed by atoms with Crippen LogP contribution in [0.3, 0.4) is 0 Å². The van der Waals surface area contributed by atoms with E-state index in [0.29, 0.717) is 15.3 Å². The Bertz CT molecular complexity index is 1900. The number of aromatic nitrogens is 7. The molecule has 2 N–H and O–H groups in total. The number of aryl methyl sites for hydroxylation is 1. The molecular weight excluding hydrogens is 591 g/mol. The third-order valence-electron chi connectivity index (χ3n) is 5.49. The molecule has 5 aromatic rings. The van der Waals surface area contributed by atoms with E-state index in [4.69, 9.17) is 23.2 Å². The lowest BCUT2D eigenvalue weighted by atomic mass is 10.2. The number of nitrogens with zero attached hydrogens (tertiary/aromatic N) is 7. The molecule has 40 heavy (non-hydrogen) atoms. The highest BCUT2D eigenvalue weighted by Gasteiger charge is 2.19. The fourth-order valence-electron chi connectivity index (χ4n) is 3.75. The molecule has 0 aliphatic heterocycles. The number of nitrogens with one attached hydrogen (secondary N) is 2. The van der Waals surface area contributed by atoms with Gasteiger partial charge >= 0.3 is 11.4 Å². The number of rotatable bonds is 7. The second kappa shape index (κ2) is 10.7. The minimum Gasteiger partial charge on any atom is -0.324 e. The van der Waals surface area contributed by atoms with Crippen molar-refractivity contribution in [1.29, 1.82) is 0 Å². The molecule has 206 valence electrons. The summed E-state index contributed by atoms with van der Waals surface area (Å²) in [6.45, 7) is 0.723. The van der Waals surface area contributed by atoms with E-state index < -0.39 is 28.0 Å². The lowest BCUT2D eigenvalue weighted by Crippen LogP contribution is -2.43. The second-order valence-corrected chi connectivity index (χ2v) is 10.4. The molecule has 17 heteroatoms. The number of carbonyl (C=O) groups is 1. The molecule has 3 heterocycles. The summed E-state index contributed by atoms with van der Waals surface area (Å²) in [5.41, 5.74) is -0.855. The van der Waals surface area contributed by atoms with Crippen LogP contribution in [0.15, 0.2) is 40.2 Å². The molecule has 0 spiro atoms. The summed E-state index contributed by atoms with van der Waals surface area (Å²) < 4.78 is 31.8. The van der Waals surface area contributed by atoms with E-state index in [9.17, 15) is 23.2 Å². The molecular formula is C23H17Cl2F2N9O3S. The molecule has 0 aliphatic rings. The Labute approximate surface area is 236 Å². The highest BCUT2D eigenvalue weighted by atomic mass is 35.5. The molecule has 0 bridgehead atoms. The van der Waals surface area contributed by atoms with Gasteiger partial charge < -0.3 is 10.6 Å². The van der Waals surface area contributed by atoms with Crippen molar-refractivity contribution in [2.24, 2.45) is 7.05 Å². The Morgan fingerprint density at radius 3 is 2.50 bits per heavy atom. The van der Waals surface area contributed by atoms with Crippen molar-refractivity contribution in [2.75, 3.05) is 10.6 Å². The first-order valence-corrected chi connectivity index (χ1v) is 12.9. The third-order valence-corrected chi connectivity index (χ3v) is 7.01. The normalized spacial score (nSPS) is 11.2. The van der Waals surface area contributed by atoms with Crippen molar-refractivity contribution in [3.8, 4) is 0 Å². The van der Waals surface area contributed by atoms with Gasteiger partial charge in [0.15, 0.2) is 22.6 Å². The summed E-state index contributed by atoms with van der Waals surface area (Å²) in [5, 5.41) is 9.61. The zero-order valence-electron chi connectivity index (χ0n) is 20.6. The van der Waals surface area contributed by atoms with E-state index in [1.165, 1.54) is 35.3 Å². The van der Waals surface area contributed by atoms with Crippen LogP contribution >= 0.6 is 34.5 Å². The largest absolute Gasteiger partial charge is 0.355 e. The predicted molar refractivity (Wildman–Crippen MR) is 146 cm³/mol. The van der Waals surface area contributed by atoms with Gasteiger partial charge in [-0.15, -0.1) is 0 Å². The van der Waals surface area contributed by atoms with Crippen LogP contribution in [0.25, 0.3) is 10.2 Å². The van der Waals surface area contributed by atoms with Crippen molar-refractivity contribution in [3.63, 3.8) is 0 Å². The molecule has 0 fully saturated rings. The van der Waals surface area contributed by atoms with Gasteiger partial charge in [-0.1, -0.05) is 34.5 Å². The van der Waals surface area contributed by atoms with E-state index in [1.807, 2.05) is 0 Å². The van der Waals surface area contributed by atoms with Crippen molar-refractivity contribution in [1.82, 2.24) is 33.9 Å². The number of thiazole rings is 1. The first-order valence-electron chi connectivity index (χ1n) is 11.3. The monoisotopic (exact) mass is 607 g/mol. The first kappa shape index (κ1) is 27.4. The highest BCUT2D eigenvalue weighted by molar-refractivity contribution is 7.22. The fourth-order valence-corrected chi connectivity index (χ4v) is 5.12. The quantitative estimate of drug-likeness (QED) is 0.268. The van der Waals surface area contributed by atoms with Gasteiger partial charge in [-0.25, -0.2) is 32.9 Å². The average molecular weight is 608 g/mol. The Balaban J connectivity index is 1.61. The minimum atomic E-state index is -1.23. The number of amides is 1. The standard InChI is InChI=1S/C23H17Cl2F2N9O3S/c1-10(37)29-21-31-16-5-12(24)15(6-17(16)40-21)30-20-32-22(38)36(8-18-28-9-34(2)33-18)23(39)35(20)7-11-3-13(25)19(27)14(26)4-11/h3-6,9H,7-8H2,1-2H3,(H,29,31,37)(H,30,32,38). The Morgan fingerprint density at radius 1 is 1.05 bits per heavy atom. The number of hydrogen-bond donors (Lipinski definition) is 2. The predicted octanol–water partition coefficient (Wildman–Crippen LogP) is 3.53. The summed E-state index contributed by atoms with van der Waals surface area (Å²) in [4.78, 5) is 50.3. The van der Waals surface area contributed by atoms with Crippen molar-refractivity contribution in [2.45, 2.75) is 20.0 Å². The van der Waals surface area contributed by atoms with Crippen molar-refractivity contribution >= 4 is 67.4 Å². The molecule has 0 saturated heterocycles. The van der Waals surface area contributed by atoms with E-state index in [0.717, 1.165) is 21.3 Å². The molecule has 1 amide bonds. The smallest absolute Gasteiger partial charge is 0.324 e. The maximum Gasteiger partial charge on any atom is 0.355 e. The number of carbonyl (C=O) groups excluding carboxylic acids is 1. The van der Waals surface area contributed by atoms with Gasteiger partial charge in [0.05, 0.1) is 39.0 Å². The maximum absolute atomic E-state index is 14.1. The molecule has 0 atom stereocenters. The number of anilines is 3. The number of halogens is 4. The van der Waals surface area contributed by atoms with E-state index in [2.05, 4.69) is 30.7 Å². The zero-order chi connectivity index (χ0) is 28.7. The van der Waals surface area contributed by atoms with Gasteiger partial charge in [0, 0.05) is 14.0 Å². The molecule has 5 rings (SSSR count). The van der Waals surface area contributed by atoms with E-state index in [1.54, 1.807) is 13.1 Å². The van der Waals surface area contributed by atoms with E-state index in [-0.39, 0.29) is 47.0 Å². The lowest BCUT2D eigenvalue weighted by molar-refractivity contribution is -0.114. The van der Waals surface area contributed by atoms with Crippen LogP contribution in [0.5, 0.6) is 0 Å². The SMILES string of the molecule is CC(=O)Nc1nc2cc(Cl)c(Nc3nc(=O)n(Cc4ncn(C)n4)c(=O)n3Cc3cc(F)c(F)c(Cl)c3)cc2s1. The zero-order valence-corrected chi connectivity index (χ0v) is 22.9. The Hall–Kier alpha value is -4.21. The number of hydrogen-bond acceptors (Lipinski definition) is 9. The Morgan fingerprint density at radius 2 is 1.82 bits per heavy atom. The van der Waals surface area contributed by atoms with Gasteiger partial charge in [0.2, 0.25) is 11.9 Å². The Kier molecular flexibility index (Phi) is 7.35. The number of fused-ring (bicyclic) bond motifs is 1. The van der Waals surface area contributed by atoms with Crippen LogP contribution in [-0.4, -0.2) is 39.8 Å². The number of benzene rings is 2. The lowest BCUT2D eigenvalue weighted by Gasteiger charge is -2.16. The van der Waals surface area contributed by atoms with Crippen LogP contribution in [0.1, 0.15) is 18.3 Å². The summed E-state index contributed by atoms with van der Waals surface area (Å²) in [7, 11) is 1.62. The molecule has 0 aliphatic carbocycles. The first-order chi connectivity index (χ1) is 19.0. The van der Waals surface area contributed by atoms with Gasteiger partial charge in [-0.05, 0) is 29.8 Å². The molecule has 2 aromatic carbocycles. The van der Waals surface area contributed by atoms with Crippen LogP contribution in [-0.2, 0) is 24.9 Å². The third kappa shape index (κ3) is 5.57. The van der Waals surface area contributed by atoms with Crippen LogP contribution < -0.4 is 22.0 Å². The average Bonchev–Trinajstić information content (AvgIpc) is 3.46. The maximum atomic E-state index is 14.1. The van der Waals surface area contributed by atoms with Crippen LogP contribution in [0, 0.1) is 11.6 Å². The van der Waals surface area contributed by atoms with Crippen LogP contribution in [0.4, 0.5) is 25.5 Å². The van der Waals surface area contributed by atoms with Gasteiger partial charge in [0.1, 0.15) is 6.33 Å². The molecule has 0 radical (unpaired) electrons. The second-order valence-electron chi connectivity index (χ2n) is 8.51. The fraction of sp³-hybridized carbons (Fsp3) is 0.174. The summed E-state index contributed by atoms with van der Waals surface area (Å²) >= 11 is 13.4. The van der Waals surface area contributed by atoms with Crippen LogP contribution in [0.2, 0.25) is 10.0 Å². The summed E-state index contributed by atoms with van der Waals surface area (Å²) in [6.07, 6.45) is 1.40. The van der Waals surface area contributed by atoms with Gasteiger partial charge in [-0.3, -0.25) is 14.0 Å². The molecule has 0 unspecified atom stereocenters. The molecule has 12 nitrogen and oxygen atoms in total. The summed E-state index contributed by atoms with van der Waals surface area (Å²) in [6, 6.07) is 5.18. The minimum absolute atomic E-state index is 0.126. The van der Waals surface area contributed by atoms with Gasteiger partial charge in [0.25, 0.3) is 0 Å². The molecule has 3 aromatic heterocycles. The van der Waals surface area contributed by atoms with Crippen molar-refractivity contribution < 1.29 is 13.6 Å². The van der Waals surface area contributed by atoms with E-state index >= 15 is 0 Å².